The molecule has 2 N–H and O–H groups in total. The van der Waals surface area contributed by atoms with Crippen molar-refractivity contribution in [3.8, 4) is 0 Å². The third-order valence-corrected chi connectivity index (χ3v) is 2.35. The van der Waals surface area contributed by atoms with Crippen LogP contribution in [0.2, 0.25) is 0 Å². The van der Waals surface area contributed by atoms with Crippen molar-refractivity contribution in [1.82, 2.24) is 9.97 Å². The summed E-state index contributed by atoms with van der Waals surface area (Å²) in [5.74, 6) is 0. The van der Waals surface area contributed by atoms with E-state index >= 15 is 0 Å². The van der Waals surface area contributed by atoms with Gasteiger partial charge in [0.05, 0.1) is 0 Å². The van der Waals surface area contributed by atoms with Crippen molar-refractivity contribution in [2.45, 2.75) is 12.2 Å². The van der Waals surface area contributed by atoms with E-state index in [9.17, 15) is 10.2 Å². The molecule has 0 aliphatic rings. The number of hydrogen-bond acceptors (Lipinski definition) is 4. The minimum Gasteiger partial charge on any atom is -0.385 e. The van der Waals surface area contributed by atoms with Crippen LogP contribution >= 0.6 is 0 Å². The maximum absolute atomic E-state index is 9.92. The Bertz CT molecular complexity index is 390. The SMILES string of the molecule is O[C@H](c1cccnc1)[C@@H](O)c1cccnc1. The van der Waals surface area contributed by atoms with Gasteiger partial charge in [-0.3, -0.25) is 9.97 Å². The van der Waals surface area contributed by atoms with Gasteiger partial charge in [0.25, 0.3) is 0 Å². The molecule has 2 aromatic heterocycles. The fourth-order valence-corrected chi connectivity index (χ4v) is 1.47. The van der Waals surface area contributed by atoms with Crippen molar-refractivity contribution in [1.29, 1.82) is 0 Å². The third kappa shape index (κ3) is 2.24. The molecule has 0 unspecified atom stereocenters. The van der Waals surface area contributed by atoms with Crippen molar-refractivity contribution < 1.29 is 10.2 Å². The van der Waals surface area contributed by atoms with Gasteiger partial charge in [-0.15, -0.1) is 0 Å². The number of aliphatic hydroxyl groups is 2. The van der Waals surface area contributed by atoms with Crippen molar-refractivity contribution in [2.75, 3.05) is 0 Å². The van der Waals surface area contributed by atoms with Crippen LogP contribution in [0.4, 0.5) is 0 Å². The molecule has 2 aromatic rings. The van der Waals surface area contributed by atoms with Gasteiger partial charge in [0.15, 0.2) is 0 Å². The lowest BCUT2D eigenvalue weighted by Crippen LogP contribution is -2.10. The molecular formula is C12H12N2O2. The number of hydrogen-bond donors (Lipinski definition) is 2. The standard InChI is InChI=1S/C12H12N2O2/c15-11(9-3-1-5-13-7-9)12(16)10-4-2-6-14-8-10/h1-8,11-12,15-16H/t11-,12+. The van der Waals surface area contributed by atoms with Crippen LogP contribution in [0.25, 0.3) is 0 Å². The van der Waals surface area contributed by atoms with E-state index in [1.165, 1.54) is 12.4 Å². The zero-order valence-electron chi connectivity index (χ0n) is 8.56. The van der Waals surface area contributed by atoms with Gasteiger partial charge >= 0.3 is 0 Å². The molecule has 82 valence electrons. The first-order valence-electron chi connectivity index (χ1n) is 4.95. The maximum Gasteiger partial charge on any atom is 0.111 e. The van der Waals surface area contributed by atoms with Gasteiger partial charge in [-0.05, 0) is 12.1 Å². The highest BCUT2D eigenvalue weighted by atomic mass is 16.3. The molecule has 2 atom stereocenters. The molecule has 2 rings (SSSR count). The van der Waals surface area contributed by atoms with Gasteiger partial charge in [-0.2, -0.15) is 0 Å². The molecule has 16 heavy (non-hydrogen) atoms. The Labute approximate surface area is 93.2 Å². The Morgan fingerprint density at radius 2 is 1.25 bits per heavy atom. The average molecular weight is 216 g/mol. The van der Waals surface area contributed by atoms with Crippen LogP contribution in [0.3, 0.4) is 0 Å². The Morgan fingerprint density at radius 1 is 0.812 bits per heavy atom. The lowest BCUT2D eigenvalue weighted by molar-refractivity contribution is 0.0168. The molecule has 0 aliphatic carbocycles. The van der Waals surface area contributed by atoms with E-state index in [1.807, 2.05) is 0 Å². The Hall–Kier alpha value is -1.78. The average Bonchev–Trinajstić information content (AvgIpc) is 2.39. The van der Waals surface area contributed by atoms with Crippen LogP contribution in [-0.4, -0.2) is 20.2 Å². The molecule has 4 heteroatoms. The number of pyridine rings is 2. The van der Waals surface area contributed by atoms with Gasteiger partial charge in [0.2, 0.25) is 0 Å². The first-order valence-corrected chi connectivity index (χ1v) is 4.95. The van der Waals surface area contributed by atoms with Gasteiger partial charge in [0.1, 0.15) is 12.2 Å². The highest BCUT2D eigenvalue weighted by Crippen LogP contribution is 2.27. The Balaban J connectivity index is 2.20. The first kappa shape index (κ1) is 10.7. The zero-order valence-corrected chi connectivity index (χ0v) is 8.56. The van der Waals surface area contributed by atoms with Gasteiger partial charge in [-0.25, -0.2) is 0 Å². The minimum absolute atomic E-state index is 0.582. The molecule has 0 radical (unpaired) electrons. The molecule has 0 bridgehead atoms. The summed E-state index contributed by atoms with van der Waals surface area (Å²) in [4.78, 5) is 7.79. The molecular weight excluding hydrogens is 204 g/mol. The number of nitrogens with zero attached hydrogens (tertiary/aromatic N) is 2. The van der Waals surface area contributed by atoms with Crippen LogP contribution in [0.1, 0.15) is 23.3 Å². The molecule has 0 spiro atoms. The second-order valence-electron chi connectivity index (χ2n) is 3.46. The van der Waals surface area contributed by atoms with E-state index < -0.39 is 12.2 Å². The molecule has 2 heterocycles. The van der Waals surface area contributed by atoms with E-state index in [4.69, 9.17) is 0 Å². The van der Waals surface area contributed by atoms with Crippen LogP contribution in [0, 0.1) is 0 Å². The van der Waals surface area contributed by atoms with Crippen molar-refractivity contribution in [2.24, 2.45) is 0 Å². The number of rotatable bonds is 3. The molecule has 4 nitrogen and oxygen atoms in total. The summed E-state index contributed by atoms with van der Waals surface area (Å²) >= 11 is 0. The minimum atomic E-state index is -0.988. The van der Waals surface area contributed by atoms with Crippen LogP contribution in [0.5, 0.6) is 0 Å². The third-order valence-electron chi connectivity index (χ3n) is 2.35. The molecule has 0 saturated heterocycles. The van der Waals surface area contributed by atoms with E-state index in [1.54, 1.807) is 36.7 Å². The summed E-state index contributed by atoms with van der Waals surface area (Å²) < 4.78 is 0. The normalized spacial score (nSPS) is 14.4. The maximum atomic E-state index is 9.92. The monoisotopic (exact) mass is 216 g/mol. The van der Waals surface area contributed by atoms with E-state index in [0.29, 0.717) is 11.1 Å². The number of aliphatic hydroxyl groups excluding tert-OH is 2. The lowest BCUT2D eigenvalue weighted by Gasteiger charge is -2.17. The second-order valence-corrected chi connectivity index (χ2v) is 3.46. The van der Waals surface area contributed by atoms with E-state index in [2.05, 4.69) is 9.97 Å². The van der Waals surface area contributed by atoms with Gasteiger partial charge in [-0.1, -0.05) is 12.1 Å². The fraction of sp³-hybridized carbons (Fsp3) is 0.167. The van der Waals surface area contributed by atoms with Crippen LogP contribution in [0.15, 0.2) is 49.1 Å². The molecule has 0 fully saturated rings. The summed E-state index contributed by atoms with van der Waals surface area (Å²) in [6, 6.07) is 6.87. The fourth-order valence-electron chi connectivity index (χ4n) is 1.47. The smallest absolute Gasteiger partial charge is 0.111 e. The summed E-state index contributed by atoms with van der Waals surface area (Å²) in [6.45, 7) is 0. The largest absolute Gasteiger partial charge is 0.385 e. The van der Waals surface area contributed by atoms with E-state index in [-0.39, 0.29) is 0 Å². The van der Waals surface area contributed by atoms with E-state index in [0.717, 1.165) is 0 Å². The Morgan fingerprint density at radius 3 is 1.56 bits per heavy atom. The van der Waals surface area contributed by atoms with Crippen LogP contribution in [-0.2, 0) is 0 Å². The lowest BCUT2D eigenvalue weighted by atomic mass is 10.0. The van der Waals surface area contributed by atoms with Crippen molar-refractivity contribution >= 4 is 0 Å². The molecule has 0 amide bonds. The van der Waals surface area contributed by atoms with Crippen molar-refractivity contribution in [3.05, 3.63) is 60.2 Å². The van der Waals surface area contributed by atoms with Crippen LogP contribution < -0.4 is 0 Å². The summed E-state index contributed by atoms with van der Waals surface area (Å²) in [5, 5.41) is 19.8. The second kappa shape index (κ2) is 4.83. The zero-order chi connectivity index (χ0) is 11.4. The predicted molar refractivity (Wildman–Crippen MR) is 58.4 cm³/mol. The highest BCUT2D eigenvalue weighted by Gasteiger charge is 2.20. The quantitative estimate of drug-likeness (QED) is 0.810. The molecule has 0 aromatic carbocycles. The first-order chi connectivity index (χ1) is 7.79. The van der Waals surface area contributed by atoms with Gasteiger partial charge in [0, 0.05) is 35.9 Å². The number of aromatic nitrogens is 2. The summed E-state index contributed by atoms with van der Waals surface area (Å²) in [5.41, 5.74) is 1.16. The summed E-state index contributed by atoms with van der Waals surface area (Å²) in [6.07, 6.45) is 4.32. The molecule has 0 saturated carbocycles. The molecule has 0 aliphatic heterocycles. The highest BCUT2D eigenvalue weighted by molar-refractivity contribution is 5.20. The predicted octanol–water partition coefficient (Wildman–Crippen LogP) is 1.24. The topological polar surface area (TPSA) is 66.2 Å². The Kier molecular flexibility index (Phi) is 3.24. The van der Waals surface area contributed by atoms with Gasteiger partial charge < -0.3 is 10.2 Å². The summed E-state index contributed by atoms with van der Waals surface area (Å²) in [7, 11) is 0. The van der Waals surface area contributed by atoms with Crippen molar-refractivity contribution in [3.63, 3.8) is 0 Å².